The van der Waals surface area contributed by atoms with E-state index in [2.05, 4.69) is 0 Å². The third-order valence-electron chi connectivity index (χ3n) is 2.18. The van der Waals surface area contributed by atoms with Crippen molar-refractivity contribution in [2.24, 2.45) is 5.92 Å². The van der Waals surface area contributed by atoms with Crippen molar-refractivity contribution in [2.45, 2.75) is 13.0 Å². The number of aliphatic hydroxyl groups excluding tert-OH is 1. The monoisotopic (exact) mass is 214 g/mol. The number of benzene rings is 1. The Kier molecular flexibility index (Phi) is 3.26. The first kappa shape index (κ1) is 11.5. The van der Waals surface area contributed by atoms with E-state index >= 15 is 0 Å². The van der Waals surface area contributed by atoms with E-state index in [0.717, 1.165) is 12.1 Å². The Labute approximate surface area is 85.6 Å². The molecule has 1 aromatic carbocycles. The number of aliphatic hydroxyl groups is 1. The van der Waals surface area contributed by atoms with E-state index in [1.54, 1.807) is 0 Å². The highest BCUT2D eigenvalue weighted by Crippen LogP contribution is 2.25. The number of phenolic OH excluding ortho intramolecular Hbond substituents is 1. The minimum atomic E-state index is -1.29. The van der Waals surface area contributed by atoms with Gasteiger partial charge in [-0.15, -0.1) is 0 Å². The van der Waals surface area contributed by atoms with E-state index in [1.165, 1.54) is 13.0 Å². The fourth-order valence-corrected chi connectivity index (χ4v) is 1.13. The highest BCUT2D eigenvalue weighted by atomic mass is 19.1. The summed E-state index contributed by atoms with van der Waals surface area (Å²) in [5, 5.41) is 27.1. The van der Waals surface area contributed by atoms with Crippen LogP contribution in [0.2, 0.25) is 0 Å². The molecule has 4 nitrogen and oxygen atoms in total. The molecular formula is C10H11FO4. The second kappa shape index (κ2) is 4.27. The minimum absolute atomic E-state index is 0.125. The maximum atomic E-state index is 12.9. The van der Waals surface area contributed by atoms with Crippen molar-refractivity contribution in [1.82, 2.24) is 0 Å². The SMILES string of the molecule is CC(C(=O)O)C(O)c1ccc(O)c(F)c1. The van der Waals surface area contributed by atoms with Crippen molar-refractivity contribution in [1.29, 1.82) is 0 Å². The van der Waals surface area contributed by atoms with E-state index in [4.69, 9.17) is 10.2 Å². The molecule has 0 aromatic heterocycles. The van der Waals surface area contributed by atoms with Crippen LogP contribution >= 0.6 is 0 Å². The summed E-state index contributed by atoms with van der Waals surface area (Å²) in [5.41, 5.74) is 0.125. The first-order valence-electron chi connectivity index (χ1n) is 4.32. The minimum Gasteiger partial charge on any atom is -0.505 e. The molecule has 0 heterocycles. The van der Waals surface area contributed by atoms with Gasteiger partial charge in [-0.3, -0.25) is 4.79 Å². The largest absolute Gasteiger partial charge is 0.505 e. The van der Waals surface area contributed by atoms with Crippen LogP contribution in [-0.4, -0.2) is 21.3 Å². The summed E-state index contributed by atoms with van der Waals surface area (Å²) >= 11 is 0. The topological polar surface area (TPSA) is 77.8 Å². The van der Waals surface area contributed by atoms with Gasteiger partial charge in [0.2, 0.25) is 0 Å². The molecule has 5 heteroatoms. The molecule has 0 spiro atoms. The van der Waals surface area contributed by atoms with Crippen molar-refractivity contribution >= 4 is 5.97 Å². The lowest BCUT2D eigenvalue weighted by Gasteiger charge is -2.15. The Bertz CT molecular complexity index is 378. The number of aliphatic carboxylic acids is 1. The third-order valence-corrected chi connectivity index (χ3v) is 2.18. The van der Waals surface area contributed by atoms with Gasteiger partial charge in [0.25, 0.3) is 0 Å². The predicted octanol–water partition coefficient (Wildman–Crippen LogP) is 1.29. The van der Waals surface area contributed by atoms with Gasteiger partial charge in [-0.25, -0.2) is 4.39 Å². The van der Waals surface area contributed by atoms with Crippen LogP contribution < -0.4 is 0 Å². The van der Waals surface area contributed by atoms with Gasteiger partial charge in [0.15, 0.2) is 11.6 Å². The highest BCUT2D eigenvalue weighted by molar-refractivity contribution is 5.70. The number of carbonyl (C=O) groups is 1. The Morgan fingerprint density at radius 3 is 2.53 bits per heavy atom. The second-order valence-electron chi connectivity index (χ2n) is 3.28. The van der Waals surface area contributed by atoms with Crippen LogP contribution in [0.1, 0.15) is 18.6 Å². The maximum Gasteiger partial charge on any atom is 0.309 e. The van der Waals surface area contributed by atoms with Crippen molar-refractivity contribution in [2.75, 3.05) is 0 Å². The Balaban J connectivity index is 2.96. The molecule has 1 rings (SSSR count). The van der Waals surface area contributed by atoms with Crippen LogP contribution in [0.4, 0.5) is 4.39 Å². The first-order valence-corrected chi connectivity index (χ1v) is 4.32. The molecule has 0 bridgehead atoms. The average molecular weight is 214 g/mol. The zero-order chi connectivity index (χ0) is 11.6. The molecule has 2 unspecified atom stereocenters. The van der Waals surface area contributed by atoms with Crippen molar-refractivity contribution in [3.05, 3.63) is 29.6 Å². The van der Waals surface area contributed by atoms with Crippen molar-refractivity contribution < 1.29 is 24.5 Å². The number of phenols is 1. The molecule has 82 valence electrons. The molecule has 0 aliphatic rings. The number of hydrogen-bond acceptors (Lipinski definition) is 3. The molecule has 3 N–H and O–H groups in total. The maximum absolute atomic E-state index is 12.9. The van der Waals surface area contributed by atoms with E-state index in [1.807, 2.05) is 0 Å². The quantitative estimate of drug-likeness (QED) is 0.708. The standard InChI is InChI=1S/C10H11FO4/c1-5(10(14)15)9(13)6-2-3-8(12)7(11)4-6/h2-5,9,12-13H,1H3,(H,14,15). The van der Waals surface area contributed by atoms with Gasteiger partial charge in [0, 0.05) is 0 Å². The Morgan fingerprint density at radius 2 is 2.07 bits per heavy atom. The number of carboxylic acids is 1. The second-order valence-corrected chi connectivity index (χ2v) is 3.28. The first-order chi connectivity index (χ1) is 6.93. The summed E-state index contributed by atoms with van der Waals surface area (Å²) in [6.45, 7) is 1.32. The van der Waals surface area contributed by atoms with E-state index in [0.29, 0.717) is 0 Å². The molecule has 0 aliphatic carbocycles. The van der Waals surface area contributed by atoms with Gasteiger partial charge in [0.1, 0.15) is 0 Å². The van der Waals surface area contributed by atoms with E-state index < -0.39 is 29.6 Å². The van der Waals surface area contributed by atoms with Crippen LogP contribution in [-0.2, 0) is 4.79 Å². The fraction of sp³-hybridized carbons (Fsp3) is 0.300. The molecule has 0 saturated carbocycles. The van der Waals surface area contributed by atoms with Gasteiger partial charge >= 0.3 is 5.97 Å². The zero-order valence-electron chi connectivity index (χ0n) is 8.01. The lowest BCUT2D eigenvalue weighted by atomic mass is 9.97. The number of aromatic hydroxyl groups is 1. The van der Waals surface area contributed by atoms with Gasteiger partial charge in [-0.05, 0) is 24.6 Å². The Hall–Kier alpha value is -1.62. The van der Waals surface area contributed by atoms with E-state index in [-0.39, 0.29) is 5.56 Å². The summed E-state index contributed by atoms with van der Waals surface area (Å²) in [6.07, 6.45) is -1.29. The van der Waals surface area contributed by atoms with Crippen LogP contribution in [0.3, 0.4) is 0 Å². The highest BCUT2D eigenvalue weighted by Gasteiger charge is 2.23. The summed E-state index contributed by atoms with van der Waals surface area (Å²) in [6, 6.07) is 3.27. The lowest BCUT2D eigenvalue weighted by molar-refractivity contribution is -0.145. The summed E-state index contributed by atoms with van der Waals surface area (Å²) < 4.78 is 12.9. The Morgan fingerprint density at radius 1 is 1.47 bits per heavy atom. The molecule has 15 heavy (non-hydrogen) atoms. The van der Waals surface area contributed by atoms with Crippen LogP contribution in [0.15, 0.2) is 18.2 Å². The van der Waals surface area contributed by atoms with E-state index in [9.17, 15) is 14.3 Å². The summed E-state index contributed by atoms with van der Waals surface area (Å²) in [4.78, 5) is 10.6. The van der Waals surface area contributed by atoms with Gasteiger partial charge in [0.05, 0.1) is 12.0 Å². The summed E-state index contributed by atoms with van der Waals surface area (Å²) in [5.74, 6) is -3.62. The summed E-state index contributed by atoms with van der Waals surface area (Å²) in [7, 11) is 0. The van der Waals surface area contributed by atoms with Crippen LogP contribution in [0.5, 0.6) is 5.75 Å². The number of rotatable bonds is 3. The van der Waals surface area contributed by atoms with Gasteiger partial charge in [-0.2, -0.15) is 0 Å². The number of halogens is 1. The third kappa shape index (κ3) is 2.44. The normalized spacial score (nSPS) is 14.6. The molecular weight excluding hydrogens is 203 g/mol. The van der Waals surface area contributed by atoms with Gasteiger partial charge in [-0.1, -0.05) is 6.07 Å². The molecule has 0 saturated heterocycles. The molecule has 1 aromatic rings. The van der Waals surface area contributed by atoms with Crippen molar-refractivity contribution in [3.63, 3.8) is 0 Å². The molecule has 0 fully saturated rings. The smallest absolute Gasteiger partial charge is 0.309 e. The molecule has 2 atom stereocenters. The van der Waals surface area contributed by atoms with Gasteiger partial charge < -0.3 is 15.3 Å². The molecule has 0 amide bonds. The number of hydrogen-bond donors (Lipinski definition) is 3. The van der Waals surface area contributed by atoms with Crippen LogP contribution in [0.25, 0.3) is 0 Å². The number of carboxylic acid groups (broad SMARTS) is 1. The van der Waals surface area contributed by atoms with Crippen LogP contribution in [0, 0.1) is 11.7 Å². The molecule has 0 radical (unpaired) electrons. The average Bonchev–Trinajstić information content (AvgIpc) is 2.19. The van der Waals surface area contributed by atoms with Crippen molar-refractivity contribution in [3.8, 4) is 5.75 Å². The predicted molar refractivity (Wildman–Crippen MR) is 49.8 cm³/mol. The fourth-order valence-electron chi connectivity index (χ4n) is 1.13. The lowest BCUT2D eigenvalue weighted by Crippen LogP contribution is -2.18. The zero-order valence-corrected chi connectivity index (χ0v) is 8.01. The molecule has 0 aliphatic heterocycles.